The average Bonchev–Trinajstić information content (AvgIpc) is 2.17. The van der Waals surface area contributed by atoms with Crippen molar-refractivity contribution in [2.45, 2.75) is 72.4 Å². The maximum atomic E-state index is 11.4. The van der Waals surface area contributed by atoms with E-state index in [1.165, 1.54) is 18.4 Å². The quantitative estimate of drug-likeness (QED) is 0.480. The molecule has 0 saturated carbocycles. The highest BCUT2D eigenvalue weighted by molar-refractivity contribution is 6.89. The molecule has 0 aromatic rings. The second-order valence-electron chi connectivity index (χ2n) is 7.44. The standard InChI is InChI=1S/C15H33NOSi2/c1-9-10-11-15(12-14(2)17)13-16(18(3,4)5)19(6,7)8/h12H,9-11,13H2,1-8H3/b15-12-. The van der Waals surface area contributed by atoms with E-state index in [1.807, 2.05) is 6.08 Å². The summed E-state index contributed by atoms with van der Waals surface area (Å²) >= 11 is 0. The Morgan fingerprint density at radius 3 is 1.84 bits per heavy atom. The van der Waals surface area contributed by atoms with Crippen LogP contribution in [0.1, 0.15) is 33.1 Å². The molecule has 0 aliphatic carbocycles. The van der Waals surface area contributed by atoms with Gasteiger partial charge in [-0.15, -0.1) is 0 Å². The van der Waals surface area contributed by atoms with Crippen LogP contribution in [-0.4, -0.2) is 33.0 Å². The van der Waals surface area contributed by atoms with E-state index in [0.29, 0.717) is 0 Å². The molecule has 2 nitrogen and oxygen atoms in total. The molecule has 0 aromatic carbocycles. The molecule has 0 aliphatic heterocycles. The lowest BCUT2D eigenvalue weighted by Crippen LogP contribution is -2.59. The van der Waals surface area contributed by atoms with Crippen molar-refractivity contribution in [3.05, 3.63) is 11.6 Å². The number of nitrogens with zero attached hydrogens (tertiary/aromatic N) is 1. The number of hydrogen-bond donors (Lipinski definition) is 0. The van der Waals surface area contributed by atoms with E-state index in [1.54, 1.807) is 6.92 Å². The lowest BCUT2D eigenvalue weighted by molar-refractivity contribution is -0.112. The first-order valence-corrected chi connectivity index (χ1v) is 14.4. The van der Waals surface area contributed by atoms with Crippen LogP contribution < -0.4 is 0 Å². The van der Waals surface area contributed by atoms with Gasteiger partial charge in [-0.1, -0.05) is 58.2 Å². The highest BCUT2D eigenvalue weighted by atomic mass is 28.4. The van der Waals surface area contributed by atoms with Crippen molar-refractivity contribution in [2.75, 3.05) is 6.54 Å². The van der Waals surface area contributed by atoms with Crippen LogP contribution in [0.3, 0.4) is 0 Å². The number of unbranched alkanes of at least 4 members (excludes halogenated alkanes) is 1. The van der Waals surface area contributed by atoms with Gasteiger partial charge in [-0.05, 0) is 25.8 Å². The molecule has 0 fully saturated rings. The summed E-state index contributed by atoms with van der Waals surface area (Å²) in [4.78, 5) is 11.4. The third-order valence-electron chi connectivity index (χ3n) is 3.24. The second-order valence-corrected chi connectivity index (χ2v) is 17.7. The van der Waals surface area contributed by atoms with Crippen LogP contribution >= 0.6 is 0 Å². The summed E-state index contributed by atoms with van der Waals surface area (Å²) in [7, 11) is -2.66. The molecule has 0 spiro atoms. The normalized spacial score (nSPS) is 14.1. The van der Waals surface area contributed by atoms with E-state index in [2.05, 4.69) is 50.4 Å². The molecule has 0 amide bonds. The van der Waals surface area contributed by atoms with Crippen LogP contribution in [0.4, 0.5) is 0 Å². The lowest BCUT2D eigenvalue weighted by Gasteiger charge is -2.44. The number of hydrogen-bond acceptors (Lipinski definition) is 2. The number of allylic oxidation sites excluding steroid dienone is 1. The topological polar surface area (TPSA) is 20.3 Å². The predicted octanol–water partition coefficient (Wildman–Crippen LogP) is 4.66. The molecule has 19 heavy (non-hydrogen) atoms. The van der Waals surface area contributed by atoms with Crippen LogP contribution in [0.25, 0.3) is 0 Å². The van der Waals surface area contributed by atoms with Crippen molar-refractivity contribution in [3.63, 3.8) is 0 Å². The first-order valence-electron chi connectivity index (χ1n) is 7.46. The van der Waals surface area contributed by atoms with Gasteiger partial charge in [0.15, 0.2) is 5.78 Å². The fourth-order valence-corrected chi connectivity index (χ4v) is 12.0. The Morgan fingerprint density at radius 2 is 1.53 bits per heavy atom. The lowest BCUT2D eigenvalue weighted by atomic mass is 10.1. The van der Waals surface area contributed by atoms with Gasteiger partial charge in [0.2, 0.25) is 0 Å². The molecule has 4 heteroatoms. The van der Waals surface area contributed by atoms with E-state index in [-0.39, 0.29) is 5.78 Å². The Hall–Kier alpha value is -0.196. The third-order valence-corrected chi connectivity index (χ3v) is 10.8. The van der Waals surface area contributed by atoms with Gasteiger partial charge in [-0.3, -0.25) is 4.79 Å². The van der Waals surface area contributed by atoms with Crippen LogP contribution in [0.15, 0.2) is 11.6 Å². The zero-order valence-corrected chi connectivity index (χ0v) is 16.3. The highest BCUT2D eigenvalue weighted by Crippen LogP contribution is 2.23. The van der Waals surface area contributed by atoms with Crippen LogP contribution in [-0.2, 0) is 4.79 Å². The molecule has 0 atom stereocenters. The van der Waals surface area contributed by atoms with Crippen molar-refractivity contribution >= 4 is 22.3 Å². The van der Waals surface area contributed by atoms with Crippen LogP contribution in [0.2, 0.25) is 39.3 Å². The number of carbonyl (C=O) groups excluding carboxylic acids is 1. The summed E-state index contributed by atoms with van der Waals surface area (Å²) in [6.45, 7) is 19.4. The molecular weight excluding hydrogens is 266 g/mol. The Labute approximate surface area is 122 Å². The Morgan fingerprint density at radius 1 is 1.05 bits per heavy atom. The van der Waals surface area contributed by atoms with Crippen molar-refractivity contribution in [2.24, 2.45) is 0 Å². The zero-order valence-electron chi connectivity index (χ0n) is 14.3. The molecule has 0 aliphatic rings. The highest BCUT2D eigenvalue weighted by Gasteiger charge is 2.34. The molecule has 0 aromatic heterocycles. The molecule has 0 unspecified atom stereocenters. The molecule has 112 valence electrons. The average molecular weight is 300 g/mol. The molecule has 0 rings (SSSR count). The fourth-order valence-electron chi connectivity index (χ4n) is 2.57. The van der Waals surface area contributed by atoms with Gasteiger partial charge in [0.25, 0.3) is 0 Å². The maximum Gasteiger partial charge on any atom is 0.152 e. The van der Waals surface area contributed by atoms with Crippen molar-refractivity contribution in [1.82, 2.24) is 4.23 Å². The summed E-state index contributed by atoms with van der Waals surface area (Å²) in [5, 5.41) is 0. The van der Waals surface area contributed by atoms with Gasteiger partial charge in [-0.2, -0.15) is 0 Å². The minimum atomic E-state index is -1.33. The fraction of sp³-hybridized carbons (Fsp3) is 0.800. The number of ketones is 1. The van der Waals surface area contributed by atoms with Gasteiger partial charge in [0.05, 0.1) is 0 Å². The summed E-state index contributed by atoms with van der Waals surface area (Å²) < 4.78 is 2.75. The van der Waals surface area contributed by atoms with E-state index in [0.717, 1.165) is 13.0 Å². The van der Waals surface area contributed by atoms with E-state index in [4.69, 9.17) is 0 Å². The van der Waals surface area contributed by atoms with Gasteiger partial charge >= 0.3 is 0 Å². The molecule has 0 saturated heterocycles. The molecule has 0 bridgehead atoms. The largest absolute Gasteiger partial charge is 0.342 e. The second kappa shape index (κ2) is 7.55. The number of carbonyl (C=O) groups is 1. The molecule has 0 heterocycles. The monoisotopic (exact) mass is 299 g/mol. The van der Waals surface area contributed by atoms with Gasteiger partial charge in [0.1, 0.15) is 16.5 Å². The van der Waals surface area contributed by atoms with Gasteiger partial charge < -0.3 is 4.23 Å². The Kier molecular flexibility index (Phi) is 7.47. The van der Waals surface area contributed by atoms with E-state index in [9.17, 15) is 4.79 Å². The molecule has 0 N–H and O–H groups in total. The minimum absolute atomic E-state index is 0.192. The molecular formula is C15H33NOSi2. The summed E-state index contributed by atoms with van der Waals surface area (Å²) in [5.41, 5.74) is 1.33. The summed E-state index contributed by atoms with van der Waals surface area (Å²) in [5.74, 6) is 0.192. The van der Waals surface area contributed by atoms with Gasteiger partial charge in [-0.25, -0.2) is 0 Å². The summed E-state index contributed by atoms with van der Waals surface area (Å²) in [6.07, 6.45) is 5.32. The van der Waals surface area contributed by atoms with Gasteiger partial charge in [0, 0.05) is 6.54 Å². The first-order chi connectivity index (χ1) is 8.48. The first kappa shape index (κ1) is 18.8. The van der Waals surface area contributed by atoms with Crippen molar-refractivity contribution in [1.29, 1.82) is 0 Å². The Bertz CT molecular complexity index is 310. The predicted molar refractivity (Wildman–Crippen MR) is 91.7 cm³/mol. The minimum Gasteiger partial charge on any atom is -0.342 e. The zero-order chi connectivity index (χ0) is 15.3. The summed E-state index contributed by atoms with van der Waals surface area (Å²) in [6, 6.07) is 0. The SMILES string of the molecule is CCCC/C(=C/C(C)=O)CN([Si](C)(C)C)[Si](C)(C)C. The van der Waals surface area contributed by atoms with E-state index >= 15 is 0 Å². The smallest absolute Gasteiger partial charge is 0.152 e. The molecule has 0 radical (unpaired) electrons. The van der Waals surface area contributed by atoms with E-state index < -0.39 is 16.5 Å². The van der Waals surface area contributed by atoms with Crippen molar-refractivity contribution < 1.29 is 4.79 Å². The van der Waals surface area contributed by atoms with Crippen LogP contribution in [0, 0.1) is 0 Å². The Balaban J connectivity index is 5.10. The number of rotatable bonds is 8. The third kappa shape index (κ3) is 7.85. The van der Waals surface area contributed by atoms with Crippen molar-refractivity contribution in [3.8, 4) is 0 Å². The van der Waals surface area contributed by atoms with Crippen LogP contribution in [0.5, 0.6) is 0 Å². The maximum absolute atomic E-state index is 11.4.